The molecule has 4 heterocycles. The predicted octanol–water partition coefficient (Wildman–Crippen LogP) is 5.16. The van der Waals surface area contributed by atoms with Gasteiger partial charge in [0, 0.05) is 23.5 Å². The van der Waals surface area contributed by atoms with Crippen molar-refractivity contribution in [3.05, 3.63) is 104 Å². The Hall–Kier alpha value is -3.13. The lowest BCUT2D eigenvalue weighted by atomic mass is 10.2. The zero-order chi connectivity index (χ0) is 23.1. The number of pyridine rings is 1. The minimum absolute atomic E-state index is 0.464. The van der Waals surface area contributed by atoms with Gasteiger partial charge in [-0.15, -0.1) is 10.2 Å². The van der Waals surface area contributed by atoms with Crippen LogP contribution in [-0.4, -0.2) is 39.4 Å². The summed E-state index contributed by atoms with van der Waals surface area (Å²) >= 11 is 4.59. The quantitative estimate of drug-likeness (QED) is 0.237. The molecular formula is C24H16I2N8. The molecule has 0 amide bonds. The zero-order valence-corrected chi connectivity index (χ0v) is 21.9. The van der Waals surface area contributed by atoms with Gasteiger partial charge in [-0.1, -0.05) is 77.2 Å². The van der Waals surface area contributed by atoms with E-state index in [0.29, 0.717) is 0 Å². The summed E-state index contributed by atoms with van der Waals surface area (Å²) in [5.41, 5.74) is 5.27. The standard InChI is InChI=1S/C24H16I2N8/c25-22-20(16-9-3-1-4-10-16)28-30-33(22)24(18-15-32-14-8-7-13-19(32)27-18)34-23(26)21(29-31-34)17-11-5-2-6-12-17/h1-15,24H. The molecule has 0 aliphatic heterocycles. The molecule has 0 radical (unpaired) electrons. The number of halogens is 2. The van der Waals surface area contributed by atoms with Crippen molar-refractivity contribution in [1.82, 2.24) is 39.4 Å². The van der Waals surface area contributed by atoms with Crippen LogP contribution in [0.5, 0.6) is 0 Å². The summed E-state index contributed by atoms with van der Waals surface area (Å²) < 4.78 is 7.48. The molecule has 0 atom stereocenters. The van der Waals surface area contributed by atoms with Crippen molar-refractivity contribution in [3.8, 4) is 22.5 Å². The Balaban J connectivity index is 1.54. The second kappa shape index (κ2) is 8.91. The third kappa shape index (κ3) is 3.70. The Morgan fingerprint density at radius 2 is 1.18 bits per heavy atom. The average Bonchev–Trinajstić information content (AvgIpc) is 3.58. The smallest absolute Gasteiger partial charge is 0.192 e. The summed E-state index contributed by atoms with van der Waals surface area (Å²) in [6.07, 6.45) is 3.51. The van der Waals surface area contributed by atoms with Gasteiger partial charge < -0.3 is 4.40 Å². The van der Waals surface area contributed by atoms with Crippen molar-refractivity contribution in [2.45, 2.75) is 6.17 Å². The van der Waals surface area contributed by atoms with Gasteiger partial charge in [-0.05, 0) is 57.3 Å². The highest BCUT2D eigenvalue weighted by Crippen LogP contribution is 2.31. The molecule has 0 saturated carbocycles. The van der Waals surface area contributed by atoms with Gasteiger partial charge in [0.15, 0.2) is 6.17 Å². The number of aromatic nitrogens is 8. The number of hydrogen-bond donors (Lipinski definition) is 0. The highest BCUT2D eigenvalue weighted by Gasteiger charge is 2.29. The minimum atomic E-state index is -0.464. The fraction of sp³-hybridized carbons (Fsp3) is 0.0417. The largest absolute Gasteiger partial charge is 0.307 e. The Labute approximate surface area is 221 Å². The first kappa shape index (κ1) is 21.4. The molecule has 6 aromatic rings. The fourth-order valence-corrected chi connectivity index (χ4v) is 5.41. The van der Waals surface area contributed by atoms with Crippen molar-refractivity contribution in [3.63, 3.8) is 0 Å². The molecule has 166 valence electrons. The highest BCUT2D eigenvalue weighted by atomic mass is 127. The summed E-state index contributed by atoms with van der Waals surface area (Å²) in [6.45, 7) is 0. The molecular weight excluding hydrogens is 654 g/mol. The fourth-order valence-electron chi connectivity index (χ4n) is 3.85. The molecule has 2 aromatic carbocycles. The van der Waals surface area contributed by atoms with Crippen LogP contribution in [0.1, 0.15) is 11.9 Å². The SMILES string of the molecule is Ic1c(-c2ccccc2)nnn1C(c1cn2ccccc2n1)n1nnc(-c2ccccc2)c1I. The van der Waals surface area contributed by atoms with Crippen molar-refractivity contribution in [2.75, 3.05) is 0 Å². The second-order valence-electron chi connectivity index (χ2n) is 7.58. The third-order valence-electron chi connectivity index (χ3n) is 5.48. The van der Waals surface area contributed by atoms with Crippen LogP contribution in [0, 0.1) is 7.40 Å². The van der Waals surface area contributed by atoms with Gasteiger partial charge >= 0.3 is 0 Å². The van der Waals surface area contributed by atoms with Crippen molar-refractivity contribution < 1.29 is 0 Å². The maximum atomic E-state index is 4.89. The van der Waals surface area contributed by atoms with Crippen LogP contribution >= 0.6 is 45.2 Å². The average molecular weight is 670 g/mol. The van der Waals surface area contributed by atoms with Crippen LogP contribution in [-0.2, 0) is 0 Å². The molecule has 10 heteroatoms. The van der Waals surface area contributed by atoms with E-state index >= 15 is 0 Å². The van der Waals surface area contributed by atoms with Gasteiger partial charge in [-0.3, -0.25) is 0 Å². The monoisotopic (exact) mass is 670 g/mol. The second-order valence-corrected chi connectivity index (χ2v) is 9.63. The van der Waals surface area contributed by atoms with Crippen LogP contribution in [0.15, 0.2) is 91.3 Å². The van der Waals surface area contributed by atoms with E-state index in [9.17, 15) is 0 Å². The van der Waals surface area contributed by atoms with E-state index in [4.69, 9.17) is 4.98 Å². The molecule has 0 unspecified atom stereocenters. The van der Waals surface area contributed by atoms with Gasteiger partial charge in [-0.25, -0.2) is 14.3 Å². The van der Waals surface area contributed by atoms with Crippen LogP contribution in [0.2, 0.25) is 0 Å². The number of hydrogen-bond acceptors (Lipinski definition) is 5. The maximum Gasteiger partial charge on any atom is 0.192 e. The number of rotatable bonds is 5. The van der Waals surface area contributed by atoms with E-state index in [1.165, 1.54) is 0 Å². The lowest BCUT2D eigenvalue weighted by Gasteiger charge is -2.17. The van der Waals surface area contributed by atoms with Gasteiger partial charge in [0.2, 0.25) is 0 Å². The molecule has 0 bridgehead atoms. The van der Waals surface area contributed by atoms with Crippen LogP contribution < -0.4 is 0 Å². The van der Waals surface area contributed by atoms with E-state index in [2.05, 4.69) is 65.8 Å². The Morgan fingerprint density at radius 1 is 0.647 bits per heavy atom. The van der Waals surface area contributed by atoms with Crippen LogP contribution in [0.3, 0.4) is 0 Å². The van der Waals surface area contributed by atoms with Crippen molar-refractivity contribution in [1.29, 1.82) is 0 Å². The van der Waals surface area contributed by atoms with Gasteiger partial charge in [0.05, 0.1) is 0 Å². The summed E-state index contributed by atoms with van der Waals surface area (Å²) in [7, 11) is 0. The van der Waals surface area contributed by atoms with E-state index in [1.54, 1.807) is 0 Å². The van der Waals surface area contributed by atoms with Gasteiger partial charge in [-0.2, -0.15) is 0 Å². The lowest BCUT2D eigenvalue weighted by Crippen LogP contribution is -2.24. The molecule has 34 heavy (non-hydrogen) atoms. The Bertz CT molecular complexity index is 1470. The van der Waals surface area contributed by atoms with Crippen LogP contribution in [0.4, 0.5) is 0 Å². The minimum Gasteiger partial charge on any atom is -0.307 e. The molecule has 0 fully saturated rings. The number of fused-ring (bicyclic) bond motifs is 1. The summed E-state index contributed by atoms with van der Waals surface area (Å²) in [5.74, 6) is 0. The third-order valence-corrected chi connectivity index (χ3v) is 7.49. The zero-order valence-electron chi connectivity index (χ0n) is 17.6. The number of imidazole rings is 1. The maximum absolute atomic E-state index is 4.89. The first-order valence-electron chi connectivity index (χ1n) is 10.5. The first-order chi connectivity index (χ1) is 16.7. The molecule has 0 aliphatic carbocycles. The van der Waals surface area contributed by atoms with E-state index in [0.717, 1.165) is 41.3 Å². The topological polar surface area (TPSA) is 78.7 Å². The highest BCUT2D eigenvalue weighted by molar-refractivity contribution is 14.1. The first-order valence-corrected chi connectivity index (χ1v) is 12.6. The van der Waals surface area contributed by atoms with Crippen molar-refractivity contribution >= 4 is 50.8 Å². The van der Waals surface area contributed by atoms with E-state index in [-0.39, 0.29) is 0 Å². The summed E-state index contributed by atoms with van der Waals surface area (Å²) in [5, 5.41) is 18.1. The molecule has 4 aromatic heterocycles. The summed E-state index contributed by atoms with van der Waals surface area (Å²) in [4.78, 5) is 4.89. The van der Waals surface area contributed by atoms with Crippen molar-refractivity contribution in [2.24, 2.45) is 0 Å². The number of benzene rings is 2. The Kier molecular flexibility index (Phi) is 5.61. The Morgan fingerprint density at radius 3 is 1.71 bits per heavy atom. The van der Waals surface area contributed by atoms with Gasteiger partial charge in [0.25, 0.3) is 0 Å². The predicted molar refractivity (Wildman–Crippen MR) is 145 cm³/mol. The van der Waals surface area contributed by atoms with E-state index in [1.807, 2.05) is 105 Å². The molecule has 0 aliphatic rings. The molecule has 8 nitrogen and oxygen atoms in total. The molecule has 0 spiro atoms. The lowest BCUT2D eigenvalue weighted by molar-refractivity contribution is 0.381. The van der Waals surface area contributed by atoms with Gasteiger partial charge in [0.1, 0.15) is 30.1 Å². The summed E-state index contributed by atoms with van der Waals surface area (Å²) in [6, 6.07) is 26.0. The normalized spacial score (nSPS) is 11.5. The number of nitrogens with zero attached hydrogens (tertiary/aromatic N) is 8. The molecule has 6 rings (SSSR count). The molecule has 0 saturated heterocycles. The van der Waals surface area contributed by atoms with Crippen LogP contribution in [0.25, 0.3) is 28.2 Å². The van der Waals surface area contributed by atoms with E-state index < -0.39 is 6.17 Å². The molecule has 0 N–H and O–H groups in total.